The van der Waals surface area contributed by atoms with Crippen molar-refractivity contribution >= 4 is 17.9 Å². The summed E-state index contributed by atoms with van der Waals surface area (Å²) in [6.07, 6.45) is 3.34. The molecule has 1 saturated heterocycles. The lowest BCUT2D eigenvalue weighted by Gasteiger charge is -2.32. The quantitative estimate of drug-likeness (QED) is 0.609. The molecule has 144 valence electrons. The number of hydrogen-bond acceptors (Lipinski definition) is 5. The van der Waals surface area contributed by atoms with Crippen molar-refractivity contribution in [3.63, 3.8) is 0 Å². The van der Waals surface area contributed by atoms with Gasteiger partial charge in [-0.3, -0.25) is 4.99 Å². The van der Waals surface area contributed by atoms with E-state index in [1.165, 1.54) is 0 Å². The Hall–Kier alpha value is -2.51. The van der Waals surface area contributed by atoms with Gasteiger partial charge in [-0.05, 0) is 37.5 Å². The molecule has 0 radical (unpaired) electrons. The molecule has 1 fully saturated rings. The van der Waals surface area contributed by atoms with Crippen molar-refractivity contribution < 1.29 is 9.53 Å². The van der Waals surface area contributed by atoms with Crippen LogP contribution in [-0.4, -0.2) is 68.8 Å². The third-order valence-electron chi connectivity index (χ3n) is 4.31. The van der Waals surface area contributed by atoms with Crippen molar-refractivity contribution in [2.24, 2.45) is 4.99 Å². The van der Waals surface area contributed by atoms with Gasteiger partial charge < -0.3 is 25.2 Å². The van der Waals surface area contributed by atoms with Gasteiger partial charge in [-0.1, -0.05) is 0 Å². The van der Waals surface area contributed by atoms with Crippen LogP contribution in [-0.2, 0) is 11.3 Å². The molecule has 0 atom stereocenters. The van der Waals surface area contributed by atoms with Gasteiger partial charge >= 0.3 is 6.09 Å². The molecule has 1 aliphatic rings. The van der Waals surface area contributed by atoms with E-state index in [2.05, 4.69) is 26.7 Å². The molecule has 1 aromatic heterocycles. The van der Waals surface area contributed by atoms with Crippen LogP contribution in [0.5, 0.6) is 0 Å². The van der Waals surface area contributed by atoms with Crippen molar-refractivity contribution in [1.29, 1.82) is 0 Å². The van der Waals surface area contributed by atoms with Crippen LogP contribution in [0.4, 0.5) is 10.6 Å². The molecular formula is C18H30N6O2. The molecule has 2 heterocycles. The van der Waals surface area contributed by atoms with Crippen LogP contribution in [0.15, 0.2) is 23.3 Å². The van der Waals surface area contributed by atoms with E-state index in [-0.39, 0.29) is 6.09 Å². The van der Waals surface area contributed by atoms with Crippen molar-refractivity contribution in [3.8, 4) is 0 Å². The zero-order valence-corrected chi connectivity index (χ0v) is 16.2. The van der Waals surface area contributed by atoms with Gasteiger partial charge in [0.25, 0.3) is 0 Å². The highest BCUT2D eigenvalue weighted by Gasteiger charge is 2.23. The number of amides is 1. The van der Waals surface area contributed by atoms with Crippen molar-refractivity contribution in [3.05, 3.63) is 23.9 Å². The summed E-state index contributed by atoms with van der Waals surface area (Å²) in [6, 6.07) is 4.34. The van der Waals surface area contributed by atoms with E-state index in [0.29, 0.717) is 32.3 Å². The molecule has 0 unspecified atom stereocenters. The average Bonchev–Trinajstić information content (AvgIpc) is 2.66. The second-order valence-electron chi connectivity index (χ2n) is 6.45. The first-order chi connectivity index (χ1) is 12.5. The molecule has 1 aliphatic heterocycles. The summed E-state index contributed by atoms with van der Waals surface area (Å²) in [5.74, 6) is 1.70. The summed E-state index contributed by atoms with van der Waals surface area (Å²) < 4.78 is 5.05. The van der Waals surface area contributed by atoms with Gasteiger partial charge in [0.1, 0.15) is 5.82 Å². The van der Waals surface area contributed by atoms with Crippen molar-refractivity contribution in [2.45, 2.75) is 32.4 Å². The molecule has 1 amide bonds. The minimum absolute atomic E-state index is 0.220. The van der Waals surface area contributed by atoms with E-state index in [9.17, 15) is 4.79 Å². The normalized spacial score (nSPS) is 15.5. The summed E-state index contributed by atoms with van der Waals surface area (Å²) in [7, 11) is 5.71. The number of nitrogens with zero attached hydrogens (tertiary/aromatic N) is 4. The highest BCUT2D eigenvalue weighted by Crippen LogP contribution is 2.12. The van der Waals surface area contributed by atoms with Crippen LogP contribution < -0.4 is 15.5 Å². The molecule has 0 aliphatic carbocycles. The minimum atomic E-state index is -0.220. The maximum absolute atomic E-state index is 11.8. The third kappa shape index (κ3) is 5.79. The fourth-order valence-electron chi connectivity index (χ4n) is 2.81. The smallest absolute Gasteiger partial charge is 0.409 e. The van der Waals surface area contributed by atoms with Crippen LogP contribution in [0.25, 0.3) is 0 Å². The molecule has 26 heavy (non-hydrogen) atoms. The lowest BCUT2D eigenvalue weighted by molar-refractivity contribution is 0.0963. The fraction of sp³-hybridized carbons (Fsp3) is 0.611. The Morgan fingerprint density at radius 1 is 1.42 bits per heavy atom. The van der Waals surface area contributed by atoms with Crippen LogP contribution >= 0.6 is 0 Å². The van der Waals surface area contributed by atoms with E-state index in [0.717, 1.165) is 30.2 Å². The molecule has 2 rings (SSSR count). The Kier molecular flexibility index (Phi) is 7.50. The van der Waals surface area contributed by atoms with Gasteiger partial charge in [-0.2, -0.15) is 0 Å². The number of likely N-dealkylation sites (tertiary alicyclic amines) is 1. The lowest BCUT2D eigenvalue weighted by Crippen LogP contribution is -2.49. The number of aliphatic imine (C=N–C) groups is 1. The highest BCUT2D eigenvalue weighted by atomic mass is 16.6. The van der Waals surface area contributed by atoms with E-state index in [4.69, 9.17) is 4.74 Å². The predicted octanol–water partition coefficient (Wildman–Crippen LogP) is 1.43. The number of rotatable bonds is 5. The molecule has 0 spiro atoms. The Labute approximate surface area is 155 Å². The minimum Gasteiger partial charge on any atom is -0.450 e. The molecule has 8 heteroatoms. The number of aromatic nitrogens is 1. The number of ether oxygens (including phenoxy) is 1. The van der Waals surface area contributed by atoms with Gasteiger partial charge in [-0.15, -0.1) is 0 Å². The lowest BCUT2D eigenvalue weighted by atomic mass is 10.1. The monoisotopic (exact) mass is 362 g/mol. The number of hydrogen-bond donors (Lipinski definition) is 2. The maximum atomic E-state index is 11.8. The zero-order chi connectivity index (χ0) is 18.9. The van der Waals surface area contributed by atoms with Gasteiger partial charge in [0.05, 0.1) is 6.61 Å². The van der Waals surface area contributed by atoms with Crippen LogP contribution in [0.2, 0.25) is 0 Å². The SMILES string of the molecule is CCOC(=O)N1CCC(NC(=NC)NCc2ccnc(N(C)C)c2)CC1. The van der Waals surface area contributed by atoms with Gasteiger partial charge in [0, 0.05) is 53.0 Å². The molecular weight excluding hydrogens is 332 g/mol. The first kappa shape index (κ1) is 19.8. The van der Waals surface area contributed by atoms with E-state index >= 15 is 0 Å². The summed E-state index contributed by atoms with van der Waals surface area (Å²) in [4.78, 5) is 24.1. The summed E-state index contributed by atoms with van der Waals surface area (Å²) in [5.41, 5.74) is 1.14. The number of anilines is 1. The zero-order valence-electron chi connectivity index (χ0n) is 16.2. The average molecular weight is 362 g/mol. The van der Waals surface area contributed by atoms with Gasteiger partial charge in [0.15, 0.2) is 5.96 Å². The van der Waals surface area contributed by atoms with Crippen molar-refractivity contribution in [2.75, 3.05) is 45.7 Å². The van der Waals surface area contributed by atoms with Crippen LogP contribution in [0.3, 0.4) is 0 Å². The standard InChI is InChI=1S/C18H30N6O2/c1-5-26-18(25)24-10-7-15(8-11-24)22-17(19-2)21-13-14-6-9-20-16(12-14)23(3)4/h6,9,12,15H,5,7-8,10-11,13H2,1-4H3,(H2,19,21,22). The fourth-order valence-corrected chi connectivity index (χ4v) is 2.81. The predicted molar refractivity (Wildman–Crippen MR) is 104 cm³/mol. The Morgan fingerprint density at radius 2 is 2.15 bits per heavy atom. The molecule has 8 nitrogen and oxygen atoms in total. The molecule has 0 saturated carbocycles. The largest absolute Gasteiger partial charge is 0.450 e. The maximum Gasteiger partial charge on any atom is 0.409 e. The second kappa shape index (κ2) is 9.84. The van der Waals surface area contributed by atoms with Crippen LogP contribution in [0, 0.1) is 0 Å². The highest BCUT2D eigenvalue weighted by molar-refractivity contribution is 5.80. The second-order valence-corrected chi connectivity index (χ2v) is 6.45. The van der Waals surface area contributed by atoms with Crippen LogP contribution in [0.1, 0.15) is 25.3 Å². The number of carbonyl (C=O) groups is 1. The van der Waals surface area contributed by atoms with Crippen molar-refractivity contribution in [1.82, 2.24) is 20.5 Å². The molecule has 0 aromatic carbocycles. The Morgan fingerprint density at radius 3 is 2.77 bits per heavy atom. The summed E-state index contributed by atoms with van der Waals surface area (Å²) >= 11 is 0. The molecule has 0 bridgehead atoms. The molecule has 1 aromatic rings. The van der Waals surface area contributed by atoms with E-state index in [1.54, 1.807) is 11.9 Å². The topological polar surface area (TPSA) is 82.1 Å². The van der Waals surface area contributed by atoms with Gasteiger partial charge in [0.2, 0.25) is 0 Å². The number of pyridine rings is 1. The number of piperidine rings is 1. The summed E-state index contributed by atoms with van der Waals surface area (Å²) in [5, 5.41) is 6.78. The number of guanidine groups is 1. The summed E-state index contributed by atoms with van der Waals surface area (Å²) in [6.45, 7) is 4.31. The van der Waals surface area contributed by atoms with Gasteiger partial charge in [-0.25, -0.2) is 9.78 Å². The molecule has 2 N–H and O–H groups in total. The number of carbonyl (C=O) groups excluding carboxylic acids is 1. The third-order valence-corrected chi connectivity index (χ3v) is 4.31. The van der Waals surface area contributed by atoms with E-state index < -0.39 is 0 Å². The first-order valence-electron chi connectivity index (χ1n) is 9.04. The number of nitrogens with one attached hydrogen (secondary N) is 2. The Balaban J connectivity index is 1.80. The van der Waals surface area contributed by atoms with E-state index in [1.807, 2.05) is 38.2 Å². The first-order valence-corrected chi connectivity index (χ1v) is 9.04. The Bertz CT molecular complexity index is 611.